The Hall–Kier alpha value is -0.257. The third kappa shape index (κ3) is 15.0. The molecule has 0 saturated carbocycles. The molecule has 9 heteroatoms. The zero-order valence-corrected chi connectivity index (χ0v) is 15.5. The van der Waals surface area contributed by atoms with Crippen molar-refractivity contribution in [2.45, 2.75) is 25.2 Å². The van der Waals surface area contributed by atoms with Crippen molar-refractivity contribution in [3.8, 4) is 0 Å². The van der Waals surface area contributed by atoms with Gasteiger partial charge in [0.25, 0.3) is 0 Å². The molecule has 0 bridgehead atoms. The minimum atomic E-state index is -4.08. The van der Waals surface area contributed by atoms with Crippen LogP contribution in [0.15, 0.2) is 48.5 Å². The van der Waals surface area contributed by atoms with Gasteiger partial charge in [-0.3, -0.25) is 0 Å². The summed E-state index contributed by atoms with van der Waals surface area (Å²) in [4.78, 5) is 0. The third-order valence-electron chi connectivity index (χ3n) is 2.27. The largest absolute Gasteiger partial charge is 4.00 e. The number of alkyl halides is 6. The Kier molecular flexibility index (Phi) is 14.6. The van der Waals surface area contributed by atoms with Crippen molar-refractivity contribution >= 4 is 0 Å². The van der Waals surface area contributed by atoms with Gasteiger partial charge >= 0.3 is 38.6 Å². The Morgan fingerprint density at radius 3 is 0.957 bits per heavy atom. The Balaban J connectivity index is -0.000000308. The van der Waals surface area contributed by atoms with Crippen LogP contribution in [0.4, 0.5) is 26.3 Å². The molecule has 23 heavy (non-hydrogen) atoms. The van der Waals surface area contributed by atoms with Gasteiger partial charge in [-0.2, -0.15) is 50.6 Å². The molecule has 2 aromatic rings. The first-order chi connectivity index (χ1) is 9.16. The molecule has 0 fully saturated rings. The maximum absolute atomic E-state index is 11.6. The van der Waals surface area contributed by atoms with Gasteiger partial charge in [0.15, 0.2) is 0 Å². The second-order valence-corrected chi connectivity index (χ2v) is 4.17. The summed E-state index contributed by atoms with van der Waals surface area (Å²) < 4.78 is 69.7. The Morgan fingerprint density at radius 1 is 0.565 bits per heavy atom. The van der Waals surface area contributed by atoms with Crippen LogP contribution in [0.2, 0.25) is 0 Å². The topological polar surface area (TPSA) is 0 Å². The zero-order chi connectivity index (χ0) is 15.2. The molecule has 0 aliphatic heterocycles. The molecule has 0 aliphatic carbocycles. The van der Waals surface area contributed by atoms with E-state index in [9.17, 15) is 26.3 Å². The number of hydrogen-bond acceptors (Lipinski definition) is 0. The summed E-state index contributed by atoms with van der Waals surface area (Å²) in [5.41, 5.74) is 0.653. The minimum absolute atomic E-state index is 0. The summed E-state index contributed by atoms with van der Waals surface area (Å²) in [6.45, 7) is 0. The fourth-order valence-electron chi connectivity index (χ4n) is 1.53. The van der Waals surface area contributed by atoms with E-state index < -0.39 is 25.2 Å². The molecule has 0 heterocycles. The van der Waals surface area contributed by atoms with Crippen LogP contribution in [0, 0.1) is 0 Å². The van der Waals surface area contributed by atoms with E-state index in [2.05, 4.69) is 0 Å². The van der Waals surface area contributed by atoms with Crippen molar-refractivity contribution in [2.24, 2.45) is 0 Å². The molecule has 0 aliphatic rings. The van der Waals surface area contributed by atoms with E-state index in [1.54, 1.807) is 24.3 Å². The van der Waals surface area contributed by atoms with Gasteiger partial charge in [-0.1, -0.05) is 0 Å². The number of halogens is 8. The summed E-state index contributed by atoms with van der Waals surface area (Å²) in [5, 5.41) is 0. The molecule has 0 nitrogen and oxygen atoms in total. The molecular formula is C14H12Cl2F6Zr. The molecule has 0 radical (unpaired) electrons. The van der Waals surface area contributed by atoms with Crippen LogP contribution in [0.1, 0.15) is 11.1 Å². The van der Waals surface area contributed by atoms with Crippen LogP contribution in [0.5, 0.6) is 0 Å². The minimum Gasteiger partial charge on any atom is -1.00 e. The maximum Gasteiger partial charge on any atom is 4.00 e. The van der Waals surface area contributed by atoms with Crippen LogP contribution in [0.3, 0.4) is 0 Å². The first-order valence-electron chi connectivity index (χ1n) is 5.70. The Morgan fingerprint density at radius 2 is 0.783 bits per heavy atom. The van der Waals surface area contributed by atoms with Crippen LogP contribution in [-0.2, 0) is 39.0 Å². The first-order valence-corrected chi connectivity index (χ1v) is 5.70. The zero-order valence-electron chi connectivity index (χ0n) is 11.6. The fraction of sp³-hybridized carbons (Fsp3) is 0.286. The first kappa shape index (κ1) is 27.6. The van der Waals surface area contributed by atoms with E-state index in [4.69, 9.17) is 0 Å². The van der Waals surface area contributed by atoms with Crippen molar-refractivity contribution in [1.82, 2.24) is 0 Å². The molecule has 0 saturated heterocycles. The molecule has 2 rings (SSSR count). The molecule has 0 unspecified atom stereocenters. The quantitative estimate of drug-likeness (QED) is 0.403. The maximum atomic E-state index is 11.6. The SMILES string of the molecule is FC(F)(F)C[c-]1cccc1.FC(F)(F)C[c-]1cccc1.[Cl-].[Cl-].[Zr+4]. The van der Waals surface area contributed by atoms with Crippen LogP contribution < -0.4 is 24.8 Å². The Bertz CT molecular complexity index is 428. The van der Waals surface area contributed by atoms with Gasteiger partial charge in [0, 0.05) is 12.8 Å². The van der Waals surface area contributed by atoms with Gasteiger partial charge in [0.2, 0.25) is 0 Å². The summed E-state index contributed by atoms with van der Waals surface area (Å²) in [6.07, 6.45) is -9.79. The average Bonchev–Trinajstić information content (AvgIpc) is 2.87. The van der Waals surface area contributed by atoms with Gasteiger partial charge in [-0.05, 0) is 0 Å². The number of rotatable bonds is 2. The summed E-state index contributed by atoms with van der Waals surface area (Å²) in [5.74, 6) is 0. The van der Waals surface area contributed by atoms with Crippen LogP contribution >= 0.6 is 0 Å². The van der Waals surface area contributed by atoms with E-state index >= 15 is 0 Å². The van der Waals surface area contributed by atoms with Crippen molar-refractivity contribution in [3.63, 3.8) is 0 Å². The molecular weight excluding hydrogens is 444 g/mol. The summed E-state index contributed by atoms with van der Waals surface area (Å²) in [7, 11) is 0. The van der Waals surface area contributed by atoms with Crippen LogP contribution in [0.25, 0.3) is 0 Å². The second-order valence-electron chi connectivity index (χ2n) is 4.17. The van der Waals surface area contributed by atoms with Crippen molar-refractivity contribution in [1.29, 1.82) is 0 Å². The van der Waals surface area contributed by atoms with Gasteiger partial charge in [0.05, 0.1) is 0 Å². The van der Waals surface area contributed by atoms with Crippen molar-refractivity contribution in [3.05, 3.63) is 59.7 Å². The molecule has 0 N–H and O–H groups in total. The van der Waals surface area contributed by atoms with Crippen LogP contribution in [-0.4, -0.2) is 12.4 Å². The molecule has 2 aromatic carbocycles. The molecule has 128 valence electrons. The predicted octanol–water partition coefficient (Wildman–Crippen LogP) is -0.974. The molecule has 0 spiro atoms. The van der Waals surface area contributed by atoms with E-state index in [0.717, 1.165) is 0 Å². The van der Waals surface area contributed by atoms with E-state index in [0.29, 0.717) is 11.1 Å². The second kappa shape index (κ2) is 12.2. The predicted molar refractivity (Wildman–Crippen MR) is 63.6 cm³/mol. The van der Waals surface area contributed by atoms with Gasteiger partial charge < -0.3 is 24.8 Å². The molecule has 0 atom stereocenters. The average molecular weight is 456 g/mol. The Labute approximate surface area is 161 Å². The monoisotopic (exact) mass is 454 g/mol. The van der Waals surface area contributed by atoms with Gasteiger partial charge in [0.1, 0.15) is 0 Å². The van der Waals surface area contributed by atoms with Crippen molar-refractivity contribution in [2.75, 3.05) is 0 Å². The van der Waals surface area contributed by atoms with Gasteiger partial charge in [-0.25, -0.2) is 24.3 Å². The molecule has 0 amide bonds. The standard InChI is InChI=1S/2C7H6F3.2ClH.Zr/c2*8-7(9,10)5-6-3-1-2-4-6;;;/h2*1-4H,5H2;2*1H;/q2*-1;;;+4/p-2. The third-order valence-corrected chi connectivity index (χ3v) is 2.27. The summed E-state index contributed by atoms with van der Waals surface area (Å²) in [6, 6.07) is 12.3. The summed E-state index contributed by atoms with van der Waals surface area (Å²) >= 11 is 0. The van der Waals surface area contributed by atoms with Gasteiger partial charge in [-0.15, -0.1) is 11.1 Å². The van der Waals surface area contributed by atoms with E-state index in [-0.39, 0.29) is 51.0 Å². The van der Waals surface area contributed by atoms with E-state index in [1.165, 1.54) is 24.3 Å². The fourth-order valence-corrected chi connectivity index (χ4v) is 1.53. The van der Waals surface area contributed by atoms with Crippen molar-refractivity contribution < 1.29 is 77.4 Å². The smallest absolute Gasteiger partial charge is 1.00 e. The normalized spacial score (nSPS) is 10.3. The number of hydrogen-bond donors (Lipinski definition) is 0. The van der Waals surface area contributed by atoms with E-state index in [1.807, 2.05) is 0 Å². The molecule has 0 aromatic heterocycles.